The molecule has 0 aromatic heterocycles. The first-order valence-electron chi connectivity index (χ1n) is 9.51. The van der Waals surface area contributed by atoms with Crippen molar-refractivity contribution in [2.45, 2.75) is 11.8 Å². The minimum absolute atomic E-state index is 0.118. The van der Waals surface area contributed by atoms with Gasteiger partial charge in [-0.25, -0.2) is 0 Å². The van der Waals surface area contributed by atoms with Crippen molar-refractivity contribution in [2.24, 2.45) is 11.7 Å². The topological polar surface area (TPSA) is 66.9 Å². The fourth-order valence-electron chi connectivity index (χ4n) is 4.22. The SMILES string of the molecule is N#C[C@@H]1C(N)=C(c2ccccc2)C(=O)[C@@H](c2ccccc2)[C@@H]1c1ccc(Cl)cc1Cl. The minimum atomic E-state index is -0.721. The normalized spacial score (nSPS) is 21.4. The third-order valence-electron chi connectivity index (χ3n) is 5.55. The molecule has 148 valence electrons. The molecule has 0 amide bonds. The summed E-state index contributed by atoms with van der Waals surface area (Å²) in [5.41, 5.74) is 9.36. The number of Topliss-reactive ketones (excluding diaryl/α,β-unsaturated/α-hetero) is 1. The Kier molecular flexibility index (Phi) is 5.63. The summed E-state index contributed by atoms with van der Waals surface area (Å²) in [5, 5.41) is 11.0. The molecular formula is C25H18Cl2N2O. The molecule has 0 radical (unpaired) electrons. The highest BCUT2D eigenvalue weighted by Gasteiger charge is 2.45. The molecule has 3 nitrogen and oxygen atoms in total. The number of carbonyl (C=O) groups excluding carboxylic acids is 1. The monoisotopic (exact) mass is 432 g/mol. The van der Waals surface area contributed by atoms with Crippen molar-refractivity contribution in [1.82, 2.24) is 0 Å². The molecule has 30 heavy (non-hydrogen) atoms. The van der Waals surface area contributed by atoms with E-state index in [1.54, 1.807) is 18.2 Å². The fraction of sp³-hybridized carbons (Fsp3) is 0.120. The van der Waals surface area contributed by atoms with Gasteiger partial charge >= 0.3 is 0 Å². The molecule has 0 saturated carbocycles. The first kappa shape index (κ1) is 20.2. The van der Waals surface area contributed by atoms with Crippen LogP contribution in [0.15, 0.2) is 84.6 Å². The van der Waals surface area contributed by atoms with Crippen LogP contribution in [-0.4, -0.2) is 5.78 Å². The lowest BCUT2D eigenvalue weighted by Crippen LogP contribution is -2.36. The maximum Gasteiger partial charge on any atom is 0.173 e. The van der Waals surface area contributed by atoms with Crippen LogP contribution in [0.2, 0.25) is 10.0 Å². The largest absolute Gasteiger partial charge is 0.400 e. The number of hydrogen-bond acceptors (Lipinski definition) is 3. The molecule has 1 aliphatic carbocycles. The van der Waals surface area contributed by atoms with Gasteiger partial charge in [-0.3, -0.25) is 4.79 Å². The maximum atomic E-state index is 13.8. The van der Waals surface area contributed by atoms with Gasteiger partial charge in [0.15, 0.2) is 5.78 Å². The molecule has 5 heteroatoms. The van der Waals surface area contributed by atoms with E-state index in [1.807, 2.05) is 60.7 Å². The van der Waals surface area contributed by atoms with E-state index >= 15 is 0 Å². The summed E-state index contributed by atoms with van der Waals surface area (Å²) < 4.78 is 0. The van der Waals surface area contributed by atoms with E-state index < -0.39 is 17.8 Å². The molecule has 3 aromatic carbocycles. The van der Waals surface area contributed by atoms with Crippen LogP contribution in [0.3, 0.4) is 0 Å². The van der Waals surface area contributed by atoms with Crippen molar-refractivity contribution in [3.05, 3.63) is 111 Å². The number of nitrogens with two attached hydrogens (primary N) is 1. The van der Waals surface area contributed by atoms with Gasteiger partial charge in [-0.15, -0.1) is 0 Å². The van der Waals surface area contributed by atoms with Crippen molar-refractivity contribution in [3.63, 3.8) is 0 Å². The van der Waals surface area contributed by atoms with Crippen molar-refractivity contribution in [3.8, 4) is 6.07 Å². The number of halogens is 2. The third kappa shape index (κ3) is 3.50. The van der Waals surface area contributed by atoms with Crippen molar-refractivity contribution in [1.29, 1.82) is 5.26 Å². The lowest BCUT2D eigenvalue weighted by atomic mass is 9.65. The Balaban J connectivity index is 1.99. The van der Waals surface area contributed by atoms with E-state index in [9.17, 15) is 10.1 Å². The molecular weight excluding hydrogens is 415 g/mol. The van der Waals surface area contributed by atoms with Crippen LogP contribution in [0, 0.1) is 17.2 Å². The molecule has 0 saturated heterocycles. The highest BCUT2D eigenvalue weighted by atomic mass is 35.5. The van der Waals surface area contributed by atoms with Crippen LogP contribution in [0.1, 0.15) is 28.5 Å². The minimum Gasteiger partial charge on any atom is -0.400 e. The summed E-state index contributed by atoms with van der Waals surface area (Å²) in [4.78, 5) is 13.8. The first-order chi connectivity index (χ1) is 14.5. The summed E-state index contributed by atoms with van der Waals surface area (Å²) in [5.74, 6) is -1.96. The van der Waals surface area contributed by atoms with Crippen LogP contribution in [-0.2, 0) is 4.79 Å². The van der Waals surface area contributed by atoms with Gasteiger partial charge in [0.1, 0.15) is 0 Å². The van der Waals surface area contributed by atoms with Gasteiger partial charge < -0.3 is 5.73 Å². The predicted octanol–water partition coefficient (Wildman–Crippen LogP) is 5.95. The molecule has 1 aliphatic rings. The van der Waals surface area contributed by atoms with E-state index in [0.29, 0.717) is 26.7 Å². The molecule has 0 unspecified atom stereocenters. The molecule has 0 bridgehead atoms. The maximum absolute atomic E-state index is 13.8. The summed E-state index contributed by atoms with van der Waals surface area (Å²) >= 11 is 12.6. The number of carbonyl (C=O) groups is 1. The predicted molar refractivity (Wildman–Crippen MR) is 120 cm³/mol. The molecule has 4 rings (SSSR count). The number of hydrogen-bond donors (Lipinski definition) is 1. The van der Waals surface area contributed by atoms with Crippen LogP contribution in [0.5, 0.6) is 0 Å². The van der Waals surface area contributed by atoms with Gasteiger partial charge in [0.05, 0.1) is 17.9 Å². The number of allylic oxidation sites excluding steroid dienone is 2. The zero-order valence-corrected chi connectivity index (χ0v) is 17.4. The van der Waals surface area contributed by atoms with Gasteiger partial charge in [0.25, 0.3) is 0 Å². The summed E-state index contributed by atoms with van der Waals surface area (Å²) in [6.07, 6.45) is 0. The smallest absolute Gasteiger partial charge is 0.173 e. The van der Waals surface area contributed by atoms with Crippen molar-refractivity contribution >= 4 is 34.6 Å². The summed E-state index contributed by atoms with van der Waals surface area (Å²) in [6.45, 7) is 0. The average molecular weight is 433 g/mol. The number of ketones is 1. The average Bonchev–Trinajstić information content (AvgIpc) is 2.75. The summed E-state index contributed by atoms with van der Waals surface area (Å²) in [6, 6.07) is 26.2. The Morgan fingerprint density at radius 2 is 1.53 bits per heavy atom. The number of nitrogens with zero attached hydrogens (tertiary/aromatic N) is 1. The van der Waals surface area contributed by atoms with Gasteiger partial charge in [0.2, 0.25) is 0 Å². The molecule has 3 aromatic rings. The van der Waals surface area contributed by atoms with E-state index in [0.717, 1.165) is 5.56 Å². The molecule has 3 atom stereocenters. The van der Waals surface area contributed by atoms with E-state index in [2.05, 4.69) is 6.07 Å². The second kappa shape index (κ2) is 8.36. The van der Waals surface area contributed by atoms with Crippen LogP contribution < -0.4 is 5.73 Å². The highest BCUT2D eigenvalue weighted by molar-refractivity contribution is 6.35. The molecule has 0 spiro atoms. The van der Waals surface area contributed by atoms with Gasteiger partial charge in [-0.1, -0.05) is 89.9 Å². The second-order valence-electron chi connectivity index (χ2n) is 7.25. The number of nitriles is 1. The lowest BCUT2D eigenvalue weighted by Gasteiger charge is -2.37. The standard InChI is InChI=1S/C25H18Cl2N2O/c26-17-11-12-18(20(27)13-17)23-19(14-28)24(29)22(16-9-5-2-6-10-16)25(30)21(23)15-7-3-1-4-8-15/h1-13,19,21,23H,29H2/t19-,21-,23+/m0/s1. The zero-order chi connectivity index (χ0) is 21.3. The summed E-state index contributed by atoms with van der Waals surface area (Å²) in [7, 11) is 0. The number of rotatable bonds is 3. The van der Waals surface area contributed by atoms with Crippen LogP contribution >= 0.6 is 23.2 Å². The molecule has 2 N–H and O–H groups in total. The van der Waals surface area contributed by atoms with E-state index in [4.69, 9.17) is 28.9 Å². The second-order valence-corrected chi connectivity index (χ2v) is 8.09. The molecule has 0 aliphatic heterocycles. The van der Waals surface area contributed by atoms with E-state index in [1.165, 1.54) is 0 Å². The quantitative estimate of drug-likeness (QED) is 0.555. The molecule has 0 fully saturated rings. The Hall–Kier alpha value is -3.06. The van der Waals surface area contributed by atoms with Crippen LogP contribution in [0.25, 0.3) is 5.57 Å². The Labute approximate surface area is 185 Å². The Morgan fingerprint density at radius 1 is 0.900 bits per heavy atom. The Bertz CT molecular complexity index is 1170. The Morgan fingerprint density at radius 3 is 2.13 bits per heavy atom. The van der Waals surface area contributed by atoms with Crippen molar-refractivity contribution in [2.75, 3.05) is 0 Å². The van der Waals surface area contributed by atoms with Crippen LogP contribution in [0.4, 0.5) is 0 Å². The highest BCUT2D eigenvalue weighted by Crippen LogP contribution is 2.50. The van der Waals surface area contributed by atoms with Gasteiger partial charge in [0, 0.05) is 27.2 Å². The third-order valence-corrected chi connectivity index (χ3v) is 6.12. The van der Waals surface area contributed by atoms with Crippen molar-refractivity contribution < 1.29 is 4.79 Å². The van der Waals surface area contributed by atoms with Gasteiger partial charge in [-0.2, -0.15) is 5.26 Å². The fourth-order valence-corrected chi connectivity index (χ4v) is 4.75. The van der Waals surface area contributed by atoms with E-state index in [-0.39, 0.29) is 11.5 Å². The van der Waals surface area contributed by atoms with Gasteiger partial charge in [-0.05, 0) is 28.8 Å². The lowest BCUT2D eigenvalue weighted by molar-refractivity contribution is -0.116. The number of benzene rings is 3. The molecule has 0 heterocycles. The zero-order valence-electron chi connectivity index (χ0n) is 15.9. The first-order valence-corrected chi connectivity index (χ1v) is 10.3.